The number of anilines is 1. The molecule has 162 valence electrons. The maximum Gasteiger partial charge on any atom is 0.257 e. The molecule has 0 spiro atoms. The number of amides is 1. The maximum atomic E-state index is 12.5. The number of nitrogens with one attached hydrogen (secondary N) is 2. The van der Waals surface area contributed by atoms with Gasteiger partial charge in [-0.2, -0.15) is 0 Å². The van der Waals surface area contributed by atoms with Gasteiger partial charge in [0.25, 0.3) is 5.91 Å². The quantitative estimate of drug-likeness (QED) is 0.432. The van der Waals surface area contributed by atoms with Crippen molar-refractivity contribution in [3.8, 4) is 22.8 Å². The minimum absolute atomic E-state index is 0.0726. The molecule has 0 aliphatic rings. The summed E-state index contributed by atoms with van der Waals surface area (Å²) < 4.78 is 16.1. The fourth-order valence-corrected chi connectivity index (χ4v) is 3.66. The number of ether oxygens (including phenoxy) is 2. The van der Waals surface area contributed by atoms with Crippen LogP contribution in [0.15, 0.2) is 46.9 Å². The number of hydrogen-bond acceptors (Lipinski definition) is 6. The fourth-order valence-electron chi connectivity index (χ4n) is 2.80. The van der Waals surface area contributed by atoms with E-state index in [1.54, 1.807) is 30.3 Å². The molecular weight excluding hydrogens is 463 g/mol. The average molecular weight is 481 g/mol. The molecule has 0 aliphatic carbocycles. The van der Waals surface area contributed by atoms with E-state index in [9.17, 15) is 9.90 Å². The number of aliphatic hydroxyl groups is 1. The van der Waals surface area contributed by atoms with Gasteiger partial charge in [0.15, 0.2) is 10.9 Å². The van der Waals surface area contributed by atoms with Crippen molar-refractivity contribution in [2.24, 2.45) is 0 Å². The average Bonchev–Trinajstić information content (AvgIpc) is 3.22. The number of hydrogen-bond donors (Lipinski definition) is 3. The molecule has 10 heteroatoms. The number of furan rings is 1. The third-order valence-electron chi connectivity index (χ3n) is 4.23. The molecule has 0 fully saturated rings. The molecule has 3 rings (SSSR count). The molecule has 2 aromatic carbocycles. The van der Waals surface area contributed by atoms with Crippen molar-refractivity contribution < 1.29 is 23.8 Å². The zero-order valence-corrected chi connectivity index (χ0v) is 18.8. The second-order valence-electron chi connectivity index (χ2n) is 6.22. The van der Waals surface area contributed by atoms with E-state index in [1.165, 1.54) is 26.4 Å². The van der Waals surface area contributed by atoms with Gasteiger partial charge in [0.1, 0.15) is 23.9 Å². The first-order valence-electron chi connectivity index (χ1n) is 8.89. The van der Waals surface area contributed by atoms with E-state index in [2.05, 4.69) is 10.6 Å². The summed E-state index contributed by atoms with van der Waals surface area (Å²) in [7, 11) is 2.96. The molecule has 1 heterocycles. The molecule has 0 bridgehead atoms. The largest absolute Gasteiger partial charge is 0.496 e. The van der Waals surface area contributed by atoms with Gasteiger partial charge >= 0.3 is 0 Å². The smallest absolute Gasteiger partial charge is 0.257 e. The standard InChI is InChI=1S/C21H18Cl2N2O5S/c1-28-18-9-12(3-5-14(18)17-6-4-13(10-26)30-17)24-21(31)25-20(27)11-7-15(22)19(29-2)16(23)8-11/h3-9,26H,10H2,1-2H3,(H2,24,25,27,31). The van der Waals surface area contributed by atoms with Crippen molar-refractivity contribution in [1.82, 2.24) is 5.32 Å². The molecule has 31 heavy (non-hydrogen) atoms. The van der Waals surface area contributed by atoms with Crippen molar-refractivity contribution in [3.05, 3.63) is 63.8 Å². The van der Waals surface area contributed by atoms with E-state index in [1.807, 2.05) is 0 Å². The molecule has 3 N–H and O–H groups in total. The molecule has 0 atom stereocenters. The van der Waals surface area contributed by atoms with Crippen LogP contribution in [-0.2, 0) is 6.61 Å². The monoisotopic (exact) mass is 480 g/mol. The van der Waals surface area contributed by atoms with Gasteiger partial charge in [-0.15, -0.1) is 0 Å². The van der Waals surface area contributed by atoms with Crippen LogP contribution in [0.4, 0.5) is 5.69 Å². The van der Waals surface area contributed by atoms with Crippen LogP contribution in [0.3, 0.4) is 0 Å². The molecule has 7 nitrogen and oxygen atoms in total. The molecule has 0 saturated carbocycles. The van der Waals surface area contributed by atoms with Crippen LogP contribution in [0.25, 0.3) is 11.3 Å². The summed E-state index contributed by atoms with van der Waals surface area (Å²) in [6.07, 6.45) is 0. The third-order valence-corrected chi connectivity index (χ3v) is 5.00. The SMILES string of the molecule is COc1cc(NC(=S)NC(=O)c2cc(Cl)c(OC)c(Cl)c2)ccc1-c1ccc(CO)o1. The molecular formula is C21H18Cl2N2O5S. The lowest BCUT2D eigenvalue weighted by molar-refractivity contribution is 0.0977. The molecule has 1 amide bonds. The van der Waals surface area contributed by atoms with Gasteiger partial charge in [-0.1, -0.05) is 23.2 Å². The zero-order chi connectivity index (χ0) is 22.5. The Morgan fingerprint density at radius 3 is 2.39 bits per heavy atom. The Morgan fingerprint density at radius 2 is 1.81 bits per heavy atom. The van der Waals surface area contributed by atoms with Crippen LogP contribution < -0.4 is 20.1 Å². The Bertz CT molecular complexity index is 1110. The van der Waals surface area contributed by atoms with Crippen molar-refractivity contribution in [2.75, 3.05) is 19.5 Å². The minimum Gasteiger partial charge on any atom is -0.496 e. The fraction of sp³-hybridized carbons (Fsp3) is 0.143. The number of carbonyl (C=O) groups excluding carboxylic acids is 1. The lowest BCUT2D eigenvalue weighted by Gasteiger charge is -2.13. The maximum absolute atomic E-state index is 12.5. The van der Waals surface area contributed by atoms with Crippen molar-refractivity contribution in [2.45, 2.75) is 6.61 Å². The summed E-state index contributed by atoms with van der Waals surface area (Å²) in [6.45, 7) is -0.194. The van der Waals surface area contributed by atoms with Gasteiger partial charge in [-0.05, 0) is 48.6 Å². The van der Waals surface area contributed by atoms with Crippen LogP contribution in [0.2, 0.25) is 10.0 Å². The second kappa shape index (κ2) is 10.0. The first-order valence-corrected chi connectivity index (χ1v) is 10.1. The molecule has 3 aromatic rings. The van der Waals surface area contributed by atoms with Crippen LogP contribution in [0.5, 0.6) is 11.5 Å². The van der Waals surface area contributed by atoms with Crippen molar-refractivity contribution in [3.63, 3.8) is 0 Å². The highest BCUT2D eigenvalue weighted by Gasteiger charge is 2.16. The van der Waals surface area contributed by atoms with Gasteiger partial charge < -0.3 is 24.3 Å². The van der Waals surface area contributed by atoms with E-state index in [-0.39, 0.29) is 33.1 Å². The highest BCUT2D eigenvalue weighted by Crippen LogP contribution is 2.35. The summed E-state index contributed by atoms with van der Waals surface area (Å²) in [6, 6.07) is 11.5. The van der Waals surface area contributed by atoms with E-state index >= 15 is 0 Å². The summed E-state index contributed by atoms with van der Waals surface area (Å²) >= 11 is 17.4. The van der Waals surface area contributed by atoms with Crippen LogP contribution in [0, 0.1) is 0 Å². The van der Waals surface area contributed by atoms with Gasteiger partial charge in [0, 0.05) is 17.3 Å². The van der Waals surface area contributed by atoms with Crippen molar-refractivity contribution >= 4 is 52.1 Å². The van der Waals surface area contributed by atoms with Gasteiger partial charge in [0.2, 0.25) is 0 Å². The summed E-state index contributed by atoms with van der Waals surface area (Å²) in [4.78, 5) is 12.5. The summed E-state index contributed by atoms with van der Waals surface area (Å²) in [5.41, 5.74) is 1.52. The second-order valence-corrected chi connectivity index (χ2v) is 7.44. The number of rotatable bonds is 6. The summed E-state index contributed by atoms with van der Waals surface area (Å²) in [5.74, 6) is 1.32. The highest BCUT2D eigenvalue weighted by atomic mass is 35.5. The van der Waals surface area contributed by atoms with Crippen LogP contribution in [-0.4, -0.2) is 30.3 Å². The summed E-state index contributed by atoms with van der Waals surface area (Å²) in [5, 5.41) is 15.2. The lowest BCUT2D eigenvalue weighted by atomic mass is 10.1. The van der Waals surface area contributed by atoms with E-state index in [0.29, 0.717) is 28.5 Å². The molecule has 1 aromatic heterocycles. The Balaban J connectivity index is 1.72. The third kappa shape index (κ3) is 5.29. The number of aliphatic hydroxyl groups excluding tert-OH is 1. The normalized spacial score (nSPS) is 10.5. The van der Waals surface area contributed by atoms with Gasteiger partial charge in [-0.3, -0.25) is 10.1 Å². The van der Waals surface area contributed by atoms with Crippen molar-refractivity contribution in [1.29, 1.82) is 0 Å². The molecule has 0 saturated heterocycles. The number of benzene rings is 2. The molecule has 0 unspecified atom stereocenters. The Labute approximate surface area is 193 Å². The van der Waals surface area contributed by atoms with Crippen LogP contribution in [0.1, 0.15) is 16.1 Å². The molecule has 0 radical (unpaired) electrons. The number of halogens is 2. The topological polar surface area (TPSA) is 93.0 Å². The Kier molecular flexibility index (Phi) is 7.40. The first-order chi connectivity index (χ1) is 14.9. The predicted octanol–water partition coefficient (Wildman–Crippen LogP) is 4.89. The minimum atomic E-state index is -0.486. The van der Waals surface area contributed by atoms with E-state index < -0.39 is 5.91 Å². The first kappa shape index (κ1) is 22.9. The number of thiocarbonyl (C=S) groups is 1. The van der Waals surface area contributed by atoms with Gasteiger partial charge in [0.05, 0.1) is 29.8 Å². The Hall–Kier alpha value is -2.78. The highest BCUT2D eigenvalue weighted by molar-refractivity contribution is 7.80. The van der Waals surface area contributed by atoms with E-state index in [0.717, 1.165) is 0 Å². The van der Waals surface area contributed by atoms with Gasteiger partial charge in [-0.25, -0.2) is 0 Å². The Morgan fingerprint density at radius 1 is 1.10 bits per heavy atom. The van der Waals surface area contributed by atoms with Crippen LogP contribution >= 0.6 is 35.4 Å². The molecule has 0 aliphatic heterocycles. The lowest BCUT2D eigenvalue weighted by Crippen LogP contribution is -2.34. The number of methoxy groups -OCH3 is 2. The zero-order valence-electron chi connectivity index (χ0n) is 16.5. The number of carbonyl (C=O) groups is 1. The van der Waals surface area contributed by atoms with E-state index in [4.69, 9.17) is 49.3 Å². The predicted molar refractivity (Wildman–Crippen MR) is 123 cm³/mol.